The summed E-state index contributed by atoms with van der Waals surface area (Å²) in [6.45, 7) is 1.82. The Labute approximate surface area is 139 Å². The molecule has 1 saturated heterocycles. The lowest BCUT2D eigenvalue weighted by Crippen LogP contribution is -2.10. The van der Waals surface area contributed by atoms with Crippen LogP contribution in [0, 0.1) is 0 Å². The third-order valence-electron chi connectivity index (χ3n) is 3.36. The van der Waals surface area contributed by atoms with Crippen LogP contribution in [0.2, 0.25) is 0 Å². The topological polar surface area (TPSA) is 57.3 Å². The summed E-state index contributed by atoms with van der Waals surface area (Å²) >= 11 is 0. The van der Waals surface area contributed by atoms with Crippen LogP contribution in [-0.2, 0) is 19.0 Å². The number of benzene rings is 1. The van der Waals surface area contributed by atoms with Gasteiger partial charge in [-0.15, -0.1) is 0 Å². The van der Waals surface area contributed by atoms with Gasteiger partial charge in [-0.3, -0.25) is 0 Å². The van der Waals surface area contributed by atoms with Crippen molar-refractivity contribution < 1.29 is 32.5 Å². The largest absolute Gasteiger partial charge is 0.463 e. The third-order valence-corrected chi connectivity index (χ3v) is 3.36. The Bertz CT molecular complexity index is 584. The maximum atomic E-state index is 12.6. The van der Waals surface area contributed by atoms with Gasteiger partial charge in [0.2, 0.25) is 0 Å². The van der Waals surface area contributed by atoms with Crippen molar-refractivity contribution >= 4 is 12.0 Å². The first-order valence-corrected chi connectivity index (χ1v) is 7.67. The van der Waals surface area contributed by atoms with E-state index in [2.05, 4.69) is 4.74 Å². The minimum atomic E-state index is -2.97. The van der Waals surface area contributed by atoms with E-state index in [9.17, 15) is 13.6 Å². The monoisotopic (exact) mass is 342 g/mol. The second kappa shape index (κ2) is 8.75. The molecule has 0 bridgehead atoms. The molecule has 1 aromatic rings. The Morgan fingerprint density at radius 1 is 1.46 bits per heavy atom. The van der Waals surface area contributed by atoms with Gasteiger partial charge in [0.15, 0.2) is 0 Å². The van der Waals surface area contributed by atoms with Crippen LogP contribution in [0.15, 0.2) is 24.3 Å². The molecule has 7 heteroatoms. The normalized spacial score (nSPS) is 18.0. The van der Waals surface area contributed by atoms with Gasteiger partial charge >= 0.3 is 12.6 Å². The molecule has 0 aliphatic carbocycles. The minimum Gasteiger partial charge on any atom is -0.463 e. The van der Waals surface area contributed by atoms with Crippen LogP contribution in [0.4, 0.5) is 8.78 Å². The SMILES string of the molecule is CCOC(=O)/C=C/c1c(OC(F)F)cccc1C(C)OCC1CO1. The lowest BCUT2D eigenvalue weighted by Gasteiger charge is -2.18. The highest BCUT2D eigenvalue weighted by Crippen LogP contribution is 2.31. The maximum absolute atomic E-state index is 12.6. The fourth-order valence-electron chi connectivity index (χ4n) is 2.14. The highest BCUT2D eigenvalue weighted by Gasteiger charge is 2.24. The van der Waals surface area contributed by atoms with Gasteiger partial charge in [-0.25, -0.2) is 4.79 Å². The number of hydrogen-bond donors (Lipinski definition) is 0. The number of carbonyl (C=O) groups is 1. The quantitative estimate of drug-likeness (QED) is 0.391. The molecule has 132 valence electrons. The molecule has 0 N–H and O–H groups in total. The first kappa shape index (κ1) is 18.4. The molecule has 0 aromatic heterocycles. The lowest BCUT2D eigenvalue weighted by atomic mass is 10.0. The van der Waals surface area contributed by atoms with E-state index in [-0.39, 0.29) is 24.6 Å². The molecule has 2 atom stereocenters. The Balaban J connectivity index is 2.24. The molecular weight excluding hydrogens is 322 g/mol. The maximum Gasteiger partial charge on any atom is 0.387 e. The lowest BCUT2D eigenvalue weighted by molar-refractivity contribution is -0.137. The summed E-state index contributed by atoms with van der Waals surface area (Å²) in [4.78, 5) is 11.5. The minimum absolute atomic E-state index is 0.0267. The molecule has 1 heterocycles. The molecule has 0 spiro atoms. The Hall–Kier alpha value is -1.99. The van der Waals surface area contributed by atoms with Gasteiger partial charge in [-0.2, -0.15) is 8.78 Å². The molecular formula is C17H20F2O5. The third kappa shape index (κ3) is 5.58. The van der Waals surface area contributed by atoms with E-state index in [1.54, 1.807) is 26.0 Å². The van der Waals surface area contributed by atoms with E-state index in [4.69, 9.17) is 14.2 Å². The van der Waals surface area contributed by atoms with Crippen molar-refractivity contribution in [1.82, 2.24) is 0 Å². The Kier molecular flexibility index (Phi) is 6.69. The van der Waals surface area contributed by atoms with E-state index < -0.39 is 12.6 Å². The van der Waals surface area contributed by atoms with E-state index in [1.807, 2.05) is 0 Å². The van der Waals surface area contributed by atoms with Crippen molar-refractivity contribution in [3.63, 3.8) is 0 Å². The van der Waals surface area contributed by atoms with Gasteiger partial charge in [0.25, 0.3) is 0 Å². The first-order valence-electron chi connectivity index (χ1n) is 7.67. The number of esters is 1. The highest BCUT2D eigenvalue weighted by atomic mass is 19.3. The summed E-state index contributed by atoms with van der Waals surface area (Å²) in [5.41, 5.74) is 0.990. The summed E-state index contributed by atoms with van der Waals surface area (Å²) in [6.07, 6.45) is 2.29. The zero-order valence-corrected chi connectivity index (χ0v) is 13.5. The fourth-order valence-corrected chi connectivity index (χ4v) is 2.14. The summed E-state index contributed by atoms with van der Waals surface area (Å²) in [5.74, 6) is -0.587. The van der Waals surface area contributed by atoms with Crippen molar-refractivity contribution in [3.05, 3.63) is 35.4 Å². The zero-order chi connectivity index (χ0) is 17.5. The van der Waals surface area contributed by atoms with Crippen LogP contribution in [0.5, 0.6) is 5.75 Å². The molecule has 5 nitrogen and oxygen atoms in total. The standard InChI is InChI=1S/C17H20F2O5/c1-3-21-16(20)8-7-14-13(11(2)22-9-12-10-23-12)5-4-6-15(14)24-17(18)19/h4-8,11-12,17H,3,9-10H2,1-2H3/b8-7+. The van der Waals surface area contributed by atoms with E-state index >= 15 is 0 Å². The number of carbonyl (C=O) groups excluding carboxylic acids is 1. The van der Waals surface area contributed by atoms with Crippen LogP contribution in [0.25, 0.3) is 6.08 Å². The van der Waals surface area contributed by atoms with E-state index in [0.717, 1.165) is 0 Å². The first-order chi connectivity index (χ1) is 11.5. The fraction of sp³-hybridized carbons (Fsp3) is 0.471. The Morgan fingerprint density at radius 2 is 2.21 bits per heavy atom. The van der Waals surface area contributed by atoms with Crippen molar-refractivity contribution in [2.75, 3.05) is 19.8 Å². The zero-order valence-electron chi connectivity index (χ0n) is 13.5. The number of epoxide rings is 1. The predicted molar refractivity (Wildman–Crippen MR) is 82.8 cm³/mol. The second-order valence-corrected chi connectivity index (χ2v) is 5.15. The Morgan fingerprint density at radius 3 is 2.83 bits per heavy atom. The van der Waals surface area contributed by atoms with Crippen molar-refractivity contribution in [3.8, 4) is 5.75 Å². The van der Waals surface area contributed by atoms with Gasteiger partial charge in [0.1, 0.15) is 11.9 Å². The molecule has 1 aliphatic heterocycles. The second-order valence-electron chi connectivity index (χ2n) is 5.15. The summed E-state index contributed by atoms with van der Waals surface area (Å²) in [5, 5.41) is 0. The smallest absolute Gasteiger partial charge is 0.387 e. The van der Waals surface area contributed by atoms with Crippen LogP contribution in [-0.4, -0.2) is 38.5 Å². The molecule has 1 aromatic carbocycles. The van der Waals surface area contributed by atoms with Crippen molar-refractivity contribution in [1.29, 1.82) is 0 Å². The number of halogens is 2. The van der Waals surface area contributed by atoms with Crippen molar-refractivity contribution in [2.24, 2.45) is 0 Å². The van der Waals surface area contributed by atoms with Crippen LogP contribution < -0.4 is 4.74 Å². The molecule has 1 aliphatic rings. The van der Waals surface area contributed by atoms with Gasteiger partial charge < -0.3 is 18.9 Å². The van der Waals surface area contributed by atoms with E-state index in [1.165, 1.54) is 18.2 Å². The van der Waals surface area contributed by atoms with Crippen molar-refractivity contribution in [2.45, 2.75) is 32.7 Å². The summed E-state index contributed by atoms with van der Waals surface area (Å²) < 4.78 is 45.4. The average Bonchev–Trinajstić information content (AvgIpc) is 3.35. The number of ether oxygens (including phenoxy) is 4. The van der Waals surface area contributed by atoms with Gasteiger partial charge in [0.05, 0.1) is 25.9 Å². The molecule has 24 heavy (non-hydrogen) atoms. The number of hydrogen-bond acceptors (Lipinski definition) is 5. The molecule has 0 amide bonds. The highest BCUT2D eigenvalue weighted by molar-refractivity contribution is 5.88. The van der Waals surface area contributed by atoms with Gasteiger partial charge in [-0.1, -0.05) is 12.1 Å². The van der Waals surface area contributed by atoms with Gasteiger partial charge in [-0.05, 0) is 31.6 Å². The van der Waals surface area contributed by atoms with Gasteiger partial charge in [0, 0.05) is 11.6 Å². The molecule has 1 fully saturated rings. The molecule has 2 unspecified atom stereocenters. The number of alkyl halides is 2. The van der Waals surface area contributed by atoms with Crippen LogP contribution in [0.3, 0.4) is 0 Å². The predicted octanol–water partition coefficient (Wildman–Crippen LogP) is 3.34. The summed E-state index contributed by atoms with van der Waals surface area (Å²) in [7, 11) is 0. The molecule has 0 radical (unpaired) electrons. The molecule has 0 saturated carbocycles. The number of rotatable bonds is 9. The van der Waals surface area contributed by atoms with E-state index in [0.29, 0.717) is 24.3 Å². The summed E-state index contributed by atoms with van der Waals surface area (Å²) in [6, 6.07) is 4.75. The molecule has 2 rings (SSSR count). The van der Waals surface area contributed by atoms with Crippen LogP contribution in [0.1, 0.15) is 31.1 Å². The average molecular weight is 342 g/mol. The van der Waals surface area contributed by atoms with Crippen LogP contribution >= 0.6 is 0 Å².